The van der Waals surface area contributed by atoms with Gasteiger partial charge in [0.25, 0.3) is 0 Å². The van der Waals surface area contributed by atoms with Crippen LogP contribution >= 0.6 is 0 Å². The van der Waals surface area contributed by atoms with E-state index in [2.05, 4.69) is 23.8 Å². The third-order valence-corrected chi connectivity index (χ3v) is 12.3. The number of rotatable bonds is 46. The lowest BCUT2D eigenvalue weighted by Crippen LogP contribution is -2.06. The minimum Gasteiger partial charge on any atom is -0.218 e. The lowest BCUT2D eigenvalue weighted by molar-refractivity contribution is 0.518. The van der Waals surface area contributed by atoms with Crippen molar-refractivity contribution in [3.05, 3.63) is 17.5 Å². The molecule has 3 heteroatoms. The summed E-state index contributed by atoms with van der Waals surface area (Å²) in [4.78, 5) is 14.2. The third-order valence-electron chi connectivity index (χ3n) is 12.3. The van der Waals surface area contributed by atoms with Crippen LogP contribution in [0.1, 0.15) is 314 Å². The van der Waals surface area contributed by atoms with E-state index < -0.39 is 0 Å². The first-order valence-electron chi connectivity index (χ1n) is 26.0. The van der Waals surface area contributed by atoms with E-state index in [0.29, 0.717) is 0 Å². The van der Waals surface area contributed by atoms with Gasteiger partial charge in [0, 0.05) is 12.8 Å². The molecule has 0 bridgehead atoms. The van der Waals surface area contributed by atoms with E-state index >= 15 is 0 Å². The van der Waals surface area contributed by atoms with Crippen molar-refractivity contribution in [2.75, 3.05) is 0 Å². The first-order chi connectivity index (χ1) is 27.3. The van der Waals surface area contributed by atoms with E-state index in [0.717, 1.165) is 30.3 Å². The molecule has 0 saturated carbocycles. The van der Waals surface area contributed by atoms with Gasteiger partial charge in [-0.1, -0.05) is 284 Å². The van der Waals surface area contributed by atoms with Gasteiger partial charge in [-0.05, 0) is 19.8 Å². The molecule has 1 aromatic heterocycles. The summed E-state index contributed by atoms with van der Waals surface area (Å²) >= 11 is 0. The van der Waals surface area contributed by atoms with Gasteiger partial charge in [0.15, 0.2) is 0 Å². The second kappa shape index (κ2) is 44.1. The van der Waals surface area contributed by atoms with Gasteiger partial charge in [0.2, 0.25) is 0 Å². The molecule has 0 saturated heterocycles. The number of hydrogen-bond donors (Lipinski definition) is 0. The molecule has 0 amide bonds. The average Bonchev–Trinajstić information content (AvgIpc) is 3.18. The molecular formula is C52H101N3. The second-order valence-corrected chi connectivity index (χ2v) is 18.1. The van der Waals surface area contributed by atoms with E-state index in [9.17, 15) is 0 Å². The minimum absolute atomic E-state index is 0.914. The Bertz CT molecular complexity index is 802. The lowest BCUT2D eigenvalue weighted by atomic mass is 10.0. The first-order valence-corrected chi connectivity index (χ1v) is 26.0. The molecule has 0 aromatic carbocycles. The Morgan fingerprint density at radius 2 is 0.382 bits per heavy atom. The van der Waals surface area contributed by atoms with Crippen LogP contribution in [0, 0.1) is 6.92 Å². The van der Waals surface area contributed by atoms with Gasteiger partial charge in [0.05, 0.1) is 0 Å². The monoisotopic (exact) mass is 768 g/mol. The van der Waals surface area contributed by atoms with Crippen LogP contribution in [0.5, 0.6) is 0 Å². The molecule has 0 aliphatic heterocycles. The average molecular weight is 768 g/mol. The number of nitrogens with zero attached hydrogens (tertiary/aromatic N) is 3. The van der Waals surface area contributed by atoms with Gasteiger partial charge in [-0.25, -0.2) is 15.0 Å². The molecule has 0 fully saturated rings. The highest BCUT2D eigenvalue weighted by atomic mass is 15.0. The Labute approximate surface area is 347 Å². The number of aromatic nitrogens is 3. The summed E-state index contributed by atoms with van der Waals surface area (Å²) in [7, 11) is 0. The summed E-state index contributed by atoms with van der Waals surface area (Å²) in [6, 6.07) is 0. The van der Waals surface area contributed by atoms with Crippen LogP contribution in [0.3, 0.4) is 0 Å². The molecule has 0 aliphatic carbocycles. The maximum absolute atomic E-state index is 4.86. The highest BCUT2D eigenvalue weighted by Crippen LogP contribution is 2.18. The quantitative estimate of drug-likeness (QED) is 0.0620. The van der Waals surface area contributed by atoms with Gasteiger partial charge in [-0.2, -0.15) is 0 Å². The van der Waals surface area contributed by atoms with E-state index in [1.165, 1.54) is 283 Å². The van der Waals surface area contributed by atoms with Crippen molar-refractivity contribution in [2.45, 2.75) is 316 Å². The van der Waals surface area contributed by atoms with Crippen LogP contribution in [-0.2, 0) is 12.8 Å². The summed E-state index contributed by atoms with van der Waals surface area (Å²) in [5, 5.41) is 0. The van der Waals surface area contributed by atoms with Crippen molar-refractivity contribution < 1.29 is 0 Å². The van der Waals surface area contributed by atoms with E-state index in [1.54, 1.807) is 0 Å². The van der Waals surface area contributed by atoms with Crippen molar-refractivity contribution in [1.29, 1.82) is 0 Å². The fraction of sp³-hybridized carbons (Fsp3) is 0.942. The van der Waals surface area contributed by atoms with Crippen LogP contribution in [0.4, 0.5) is 0 Å². The van der Waals surface area contributed by atoms with Crippen molar-refractivity contribution >= 4 is 0 Å². The standard InChI is InChI=1S/C52H101N3/c1-4-6-8-10-12-14-16-18-20-22-24-26-28-30-32-34-36-38-40-42-44-46-48-51-53-50(3)54-52(55-51)49-47-45-43-41-39-37-35-33-31-29-27-25-23-21-19-17-15-13-11-9-7-5-2/h4-49H2,1-3H3. The smallest absolute Gasteiger partial charge is 0.132 e. The van der Waals surface area contributed by atoms with Crippen molar-refractivity contribution in [3.63, 3.8) is 0 Å². The van der Waals surface area contributed by atoms with E-state index in [4.69, 9.17) is 4.98 Å². The Morgan fingerprint density at radius 1 is 0.218 bits per heavy atom. The predicted molar refractivity (Wildman–Crippen MR) is 246 cm³/mol. The molecule has 55 heavy (non-hydrogen) atoms. The number of unbranched alkanes of at least 4 members (excludes halogenated alkanes) is 42. The fourth-order valence-corrected chi connectivity index (χ4v) is 8.60. The van der Waals surface area contributed by atoms with Gasteiger partial charge >= 0.3 is 0 Å². The predicted octanol–water partition coefficient (Wildman–Crippen LogP) is 18.5. The zero-order valence-electron chi connectivity index (χ0n) is 38.4. The fourth-order valence-electron chi connectivity index (χ4n) is 8.60. The lowest BCUT2D eigenvalue weighted by Gasteiger charge is -2.06. The molecule has 0 atom stereocenters. The van der Waals surface area contributed by atoms with Gasteiger partial charge in [-0.3, -0.25) is 0 Å². The Hall–Kier alpha value is -0.990. The summed E-state index contributed by atoms with van der Waals surface area (Å²) in [5.74, 6) is 2.99. The highest BCUT2D eigenvalue weighted by molar-refractivity contribution is 4.96. The molecule has 1 aromatic rings. The van der Waals surface area contributed by atoms with Crippen LogP contribution in [0.15, 0.2) is 0 Å². The molecule has 0 unspecified atom stereocenters. The molecule has 0 spiro atoms. The zero-order valence-corrected chi connectivity index (χ0v) is 38.4. The van der Waals surface area contributed by atoms with Gasteiger partial charge in [-0.15, -0.1) is 0 Å². The normalized spacial score (nSPS) is 11.6. The Balaban J connectivity index is 1.83. The van der Waals surface area contributed by atoms with Gasteiger partial charge < -0.3 is 0 Å². The number of aryl methyl sites for hydroxylation is 3. The summed E-state index contributed by atoms with van der Waals surface area (Å²) in [5.41, 5.74) is 0. The van der Waals surface area contributed by atoms with Crippen LogP contribution in [0.2, 0.25) is 0 Å². The largest absolute Gasteiger partial charge is 0.218 e. The molecule has 1 rings (SSSR count). The molecule has 0 N–H and O–H groups in total. The molecule has 3 nitrogen and oxygen atoms in total. The molecule has 324 valence electrons. The molecule has 0 radical (unpaired) electrons. The Morgan fingerprint density at radius 3 is 0.564 bits per heavy atom. The van der Waals surface area contributed by atoms with Crippen LogP contribution in [0.25, 0.3) is 0 Å². The molecule has 0 aliphatic rings. The van der Waals surface area contributed by atoms with Gasteiger partial charge in [0.1, 0.15) is 17.5 Å². The second-order valence-electron chi connectivity index (χ2n) is 18.1. The third kappa shape index (κ3) is 39.6. The maximum Gasteiger partial charge on any atom is 0.132 e. The zero-order chi connectivity index (χ0) is 39.4. The van der Waals surface area contributed by atoms with Crippen molar-refractivity contribution in [2.24, 2.45) is 0 Å². The maximum atomic E-state index is 4.86. The summed E-state index contributed by atoms with van der Waals surface area (Å²) < 4.78 is 0. The van der Waals surface area contributed by atoms with Crippen LogP contribution < -0.4 is 0 Å². The summed E-state index contributed by atoms with van der Waals surface area (Å²) in [6.07, 6.45) is 65.1. The Kier molecular flexibility index (Phi) is 41.7. The summed E-state index contributed by atoms with van der Waals surface area (Å²) in [6.45, 7) is 6.66. The van der Waals surface area contributed by atoms with Crippen molar-refractivity contribution in [3.8, 4) is 0 Å². The first kappa shape index (κ1) is 52.0. The van der Waals surface area contributed by atoms with E-state index in [-0.39, 0.29) is 0 Å². The van der Waals surface area contributed by atoms with Crippen LogP contribution in [-0.4, -0.2) is 15.0 Å². The van der Waals surface area contributed by atoms with Crippen molar-refractivity contribution in [1.82, 2.24) is 15.0 Å². The molecular weight excluding hydrogens is 667 g/mol. The minimum atomic E-state index is 0.914. The SMILES string of the molecule is CCCCCCCCCCCCCCCCCCCCCCCCc1nc(C)nc(CCCCCCCCCCCCCCCCCCCCCCCC)n1. The molecule has 1 heterocycles. The topological polar surface area (TPSA) is 38.7 Å². The van der Waals surface area contributed by atoms with E-state index in [1.807, 2.05) is 6.92 Å². The highest BCUT2D eigenvalue weighted by Gasteiger charge is 2.05. The number of hydrogen-bond acceptors (Lipinski definition) is 3.